The third-order valence-corrected chi connectivity index (χ3v) is 5.67. The summed E-state index contributed by atoms with van der Waals surface area (Å²) in [6.07, 6.45) is -1.61. The van der Waals surface area contributed by atoms with Crippen LogP contribution < -0.4 is 10.1 Å². The Morgan fingerprint density at radius 3 is 2.42 bits per heavy atom. The Balaban J connectivity index is 1.62. The molecule has 3 heterocycles. The Labute approximate surface area is 204 Å². The summed E-state index contributed by atoms with van der Waals surface area (Å²) in [6, 6.07) is 17.5. The van der Waals surface area contributed by atoms with Gasteiger partial charge in [0.2, 0.25) is 0 Å². The summed E-state index contributed by atoms with van der Waals surface area (Å²) in [5, 5.41) is 7.40. The van der Waals surface area contributed by atoms with Gasteiger partial charge in [-0.15, -0.1) is 0 Å². The molecule has 182 valence electrons. The summed E-state index contributed by atoms with van der Waals surface area (Å²) >= 11 is 0. The molecule has 5 rings (SSSR count). The lowest BCUT2D eigenvalue weighted by atomic mass is 10.0. The molecule has 0 aliphatic heterocycles. The Hall–Kier alpha value is -4.47. The smallest absolute Gasteiger partial charge is 0.420 e. The number of nitrogens with one attached hydrogen (secondary N) is 1. The lowest BCUT2D eigenvalue weighted by Crippen LogP contribution is -2.13. The van der Waals surface area contributed by atoms with E-state index >= 15 is 0 Å². The van der Waals surface area contributed by atoms with Crippen LogP contribution in [-0.2, 0) is 19.8 Å². The summed E-state index contributed by atoms with van der Waals surface area (Å²) < 4.78 is 48.7. The van der Waals surface area contributed by atoms with E-state index in [1.807, 2.05) is 30.3 Å². The molecule has 10 heteroatoms. The zero-order valence-electron chi connectivity index (χ0n) is 19.4. The van der Waals surface area contributed by atoms with Gasteiger partial charge >= 0.3 is 6.18 Å². The number of pyridine rings is 1. The zero-order chi connectivity index (χ0) is 25.3. The Bertz CT molecular complexity index is 1520. The van der Waals surface area contributed by atoms with Crippen LogP contribution in [0.1, 0.15) is 11.1 Å². The minimum Gasteiger partial charge on any atom is -0.497 e. The Morgan fingerprint density at radius 1 is 0.972 bits per heavy atom. The molecular weight excluding hydrogens is 469 g/mol. The largest absolute Gasteiger partial charge is 0.497 e. The summed E-state index contributed by atoms with van der Waals surface area (Å²) in [4.78, 5) is 12.9. The molecule has 0 saturated heterocycles. The Morgan fingerprint density at radius 2 is 1.72 bits per heavy atom. The average Bonchev–Trinajstić information content (AvgIpc) is 3.28. The average molecular weight is 490 g/mol. The number of methoxy groups -OCH3 is 1. The van der Waals surface area contributed by atoms with Crippen molar-refractivity contribution in [3.63, 3.8) is 0 Å². The first-order valence-corrected chi connectivity index (χ1v) is 11.0. The van der Waals surface area contributed by atoms with Crippen LogP contribution in [0.15, 0.2) is 73.2 Å². The van der Waals surface area contributed by atoms with Crippen LogP contribution in [0.4, 0.5) is 19.0 Å². The number of alkyl halides is 3. The maximum absolute atomic E-state index is 14.0. The first-order valence-electron chi connectivity index (χ1n) is 11.0. The number of fused-ring (bicyclic) bond motifs is 1. The molecule has 3 aromatic heterocycles. The molecule has 0 bridgehead atoms. The van der Waals surface area contributed by atoms with Gasteiger partial charge in [0.15, 0.2) is 0 Å². The zero-order valence-corrected chi connectivity index (χ0v) is 19.4. The molecule has 0 fully saturated rings. The number of rotatable bonds is 6. The second-order valence-electron chi connectivity index (χ2n) is 8.11. The molecule has 0 amide bonds. The predicted octanol–water partition coefficient (Wildman–Crippen LogP) is 5.73. The van der Waals surface area contributed by atoms with E-state index in [-0.39, 0.29) is 23.4 Å². The highest BCUT2D eigenvalue weighted by atomic mass is 19.4. The molecule has 0 saturated carbocycles. The van der Waals surface area contributed by atoms with E-state index in [2.05, 4.69) is 25.4 Å². The fraction of sp³-hybridized carbons (Fsp3) is 0.154. The summed E-state index contributed by atoms with van der Waals surface area (Å²) in [6.45, 7) is 0.136. The fourth-order valence-electron chi connectivity index (χ4n) is 3.93. The van der Waals surface area contributed by atoms with E-state index in [4.69, 9.17) is 4.74 Å². The molecule has 36 heavy (non-hydrogen) atoms. The summed E-state index contributed by atoms with van der Waals surface area (Å²) in [5.74, 6) is 0.359. The van der Waals surface area contributed by atoms with Gasteiger partial charge in [-0.05, 0) is 23.8 Å². The summed E-state index contributed by atoms with van der Waals surface area (Å²) in [5.41, 5.74) is 2.74. The van der Waals surface area contributed by atoms with Gasteiger partial charge in [-0.3, -0.25) is 4.68 Å². The predicted molar refractivity (Wildman–Crippen MR) is 130 cm³/mol. The second-order valence-corrected chi connectivity index (χ2v) is 8.11. The molecule has 0 aliphatic carbocycles. The number of ether oxygens (including phenoxy) is 1. The van der Waals surface area contributed by atoms with E-state index < -0.39 is 11.7 Å². The van der Waals surface area contributed by atoms with Crippen LogP contribution in [0.5, 0.6) is 5.75 Å². The number of hydrogen-bond acceptors (Lipinski definition) is 6. The van der Waals surface area contributed by atoms with Crippen molar-refractivity contribution in [2.75, 3.05) is 12.4 Å². The second kappa shape index (κ2) is 9.29. The van der Waals surface area contributed by atoms with Crippen molar-refractivity contribution in [3.8, 4) is 28.3 Å². The molecule has 1 N–H and O–H groups in total. The number of aryl methyl sites for hydroxylation is 1. The maximum atomic E-state index is 14.0. The first kappa shape index (κ1) is 23.3. The SMILES string of the molecule is COc1ccc(CNc2nc3c(-c4cn(C)nc4-c4ccccc4)ncnc3cc2C(F)(F)F)cc1. The van der Waals surface area contributed by atoms with Gasteiger partial charge in [-0.25, -0.2) is 15.0 Å². The number of nitrogens with zero attached hydrogens (tertiary/aromatic N) is 5. The highest BCUT2D eigenvalue weighted by Crippen LogP contribution is 2.38. The topological polar surface area (TPSA) is 77.8 Å². The molecular formula is C26H21F3N6O. The lowest BCUT2D eigenvalue weighted by molar-refractivity contribution is -0.137. The molecule has 0 radical (unpaired) electrons. The first-order chi connectivity index (χ1) is 17.3. The van der Waals surface area contributed by atoms with Gasteiger partial charge in [0, 0.05) is 30.9 Å². The van der Waals surface area contributed by atoms with Crippen LogP contribution in [0.2, 0.25) is 0 Å². The number of anilines is 1. The van der Waals surface area contributed by atoms with Gasteiger partial charge in [0.1, 0.15) is 40.4 Å². The molecule has 0 unspecified atom stereocenters. The van der Waals surface area contributed by atoms with Crippen LogP contribution >= 0.6 is 0 Å². The molecule has 5 aromatic rings. The Kier molecular flexibility index (Phi) is 6.01. The van der Waals surface area contributed by atoms with Gasteiger partial charge in [0.05, 0.1) is 12.6 Å². The van der Waals surface area contributed by atoms with E-state index in [1.165, 1.54) is 6.33 Å². The normalized spacial score (nSPS) is 11.6. The van der Waals surface area contributed by atoms with Crippen molar-refractivity contribution in [1.82, 2.24) is 24.7 Å². The number of halogens is 3. The highest BCUT2D eigenvalue weighted by molar-refractivity contribution is 5.94. The number of hydrogen-bond donors (Lipinski definition) is 1. The molecule has 7 nitrogen and oxygen atoms in total. The van der Waals surface area contributed by atoms with E-state index in [1.54, 1.807) is 49.3 Å². The van der Waals surface area contributed by atoms with Gasteiger partial charge in [-0.1, -0.05) is 42.5 Å². The van der Waals surface area contributed by atoms with Crippen LogP contribution in [-0.4, -0.2) is 31.8 Å². The van der Waals surface area contributed by atoms with Crippen molar-refractivity contribution in [2.45, 2.75) is 12.7 Å². The van der Waals surface area contributed by atoms with Crippen LogP contribution in [0, 0.1) is 0 Å². The third kappa shape index (κ3) is 4.57. The monoisotopic (exact) mass is 490 g/mol. The fourth-order valence-corrected chi connectivity index (χ4v) is 3.93. The third-order valence-electron chi connectivity index (χ3n) is 5.67. The number of aromatic nitrogens is 5. The van der Waals surface area contributed by atoms with Crippen molar-refractivity contribution in [2.24, 2.45) is 7.05 Å². The maximum Gasteiger partial charge on any atom is 0.420 e. The lowest BCUT2D eigenvalue weighted by Gasteiger charge is -2.16. The van der Waals surface area contributed by atoms with Crippen molar-refractivity contribution < 1.29 is 17.9 Å². The van der Waals surface area contributed by atoms with Crippen molar-refractivity contribution in [3.05, 3.63) is 84.3 Å². The van der Waals surface area contributed by atoms with Gasteiger partial charge in [-0.2, -0.15) is 18.3 Å². The van der Waals surface area contributed by atoms with Gasteiger partial charge < -0.3 is 10.1 Å². The highest BCUT2D eigenvalue weighted by Gasteiger charge is 2.35. The van der Waals surface area contributed by atoms with E-state index in [0.29, 0.717) is 22.7 Å². The molecule has 0 aliphatic rings. The van der Waals surface area contributed by atoms with E-state index in [0.717, 1.165) is 17.2 Å². The molecule has 0 spiro atoms. The summed E-state index contributed by atoms with van der Waals surface area (Å²) in [7, 11) is 3.32. The quantitative estimate of drug-likeness (QED) is 0.328. The minimum atomic E-state index is -4.63. The molecule has 2 aromatic carbocycles. The van der Waals surface area contributed by atoms with E-state index in [9.17, 15) is 13.2 Å². The molecule has 0 atom stereocenters. The van der Waals surface area contributed by atoms with Crippen LogP contribution in [0.3, 0.4) is 0 Å². The van der Waals surface area contributed by atoms with Crippen LogP contribution in [0.25, 0.3) is 33.5 Å². The number of benzene rings is 2. The van der Waals surface area contributed by atoms with Crippen molar-refractivity contribution >= 4 is 16.9 Å². The van der Waals surface area contributed by atoms with Crippen molar-refractivity contribution in [1.29, 1.82) is 0 Å². The van der Waals surface area contributed by atoms with Gasteiger partial charge in [0.25, 0.3) is 0 Å². The standard InChI is InChI=1S/C26H21F3N6O/c1-35-14-19(22(34-35)17-6-4-3-5-7-17)23-24-21(31-15-32-23)12-20(26(27,28)29)25(33-24)30-13-16-8-10-18(36-2)11-9-16/h3-12,14-15H,13H2,1-2H3,(H,30,33). The minimum absolute atomic E-state index is 0.0881.